The first-order valence-corrected chi connectivity index (χ1v) is 7.71. The Kier molecular flexibility index (Phi) is 3.63. The highest BCUT2D eigenvalue weighted by Crippen LogP contribution is 2.33. The topological polar surface area (TPSA) is 81.1 Å². The zero-order valence-corrected chi connectivity index (χ0v) is 12.8. The van der Waals surface area contributed by atoms with Gasteiger partial charge in [-0.15, -0.1) is 0 Å². The van der Waals surface area contributed by atoms with Gasteiger partial charge < -0.3 is 9.05 Å². The molecule has 118 valence electrons. The summed E-state index contributed by atoms with van der Waals surface area (Å²) in [6.45, 7) is 3.51. The third-order valence-electron chi connectivity index (χ3n) is 4.04. The molecule has 0 N–H and O–H groups in total. The van der Waals surface area contributed by atoms with Gasteiger partial charge in [-0.3, -0.25) is 9.88 Å². The number of nitrogens with zero attached hydrogens (tertiary/aromatic N) is 5. The van der Waals surface area contributed by atoms with Crippen molar-refractivity contribution in [1.82, 2.24) is 25.2 Å². The number of hydrogen-bond acceptors (Lipinski definition) is 7. The van der Waals surface area contributed by atoms with Crippen LogP contribution in [0.3, 0.4) is 0 Å². The van der Waals surface area contributed by atoms with E-state index in [1.165, 1.54) is 0 Å². The molecule has 0 amide bonds. The predicted octanol–water partition coefficient (Wildman–Crippen LogP) is 2.77. The summed E-state index contributed by atoms with van der Waals surface area (Å²) >= 11 is 0. The molecular weight excluding hydrogens is 294 g/mol. The molecule has 4 heterocycles. The maximum Gasteiger partial charge on any atom is 0.241 e. The highest BCUT2D eigenvalue weighted by molar-refractivity contribution is 5.46. The van der Waals surface area contributed by atoms with Gasteiger partial charge in [0.1, 0.15) is 5.69 Å². The van der Waals surface area contributed by atoms with Crippen LogP contribution in [0.5, 0.6) is 0 Å². The lowest BCUT2D eigenvalue weighted by molar-refractivity contribution is 0.183. The predicted molar refractivity (Wildman–Crippen MR) is 81.2 cm³/mol. The molecule has 0 aromatic carbocycles. The Hall–Kier alpha value is -2.54. The van der Waals surface area contributed by atoms with Gasteiger partial charge in [0.05, 0.1) is 18.3 Å². The van der Waals surface area contributed by atoms with Crippen LogP contribution >= 0.6 is 0 Å². The SMILES string of the molecule is Cc1cc([C@@H]2CCCN2Cc2nc(-c3ccccn3)no2)on1. The summed E-state index contributed by atoms with van der Waals surface area (Å²) in [6.07, 6.45) is 3.88. The van der Waals surface area contributed by atoms with E-state index in [1.54, 1.807) is 6.20 Å². The van der Waals surface area contributed by atoms with Gasteiger partial charge in [-0.05, 0) is 38.4 Å². The molecule has 7 heteroatoms. The molecule has 4 rings (SSSR count). The lowest BCUT2D eigenvalue weighted by Crippen LogP contribution is -2.22. The van der Waals surface area contributed by atoms with Crippen molar-refractivity contribution < 1.29 is 9.05 Å². The zero-order valence-electron chi connectivity index (χ0n) is 12.8. The summed E-state index contributed by atoms with van der Waals surface area (Å²) in [7, 11) is 0. The summed E-state index contributed by atoms with van der Waals surface area (Å²) < 4.78 is 10.8. The van der Waals surface area contributed by atoms with Crippen LogP contribution in [0.2, 0.25) is 0 Å². The molecule has 0 bridgehead atoms. The monoisotopic (exact) mass is 311 g/mol. The molecule has 0 radical (unpaired) electrons. The fraction of sp³-hybridized carbons (Fsp3) is 0.375. The van der Waals surface area contributed by atoms with Crippen molar-refractivity contribution in [3.63, 3.8) is 0 Å². The average molecular weight is 311 g/mol. The normalized spacial score (nSPS) is 18.6. The molecular formula is C16H17N5O2. The number of rotatable bonds is 4. The Bertz CT molecular complexity index is 783. The zero-order chi connectivity index (χ0) is 15.6. The fourth-order valence-corrected chi connectivity index (χ4v) is 2.97. The Morgan fingerprint density at radius 3 is 3.00 bits per heavy atom. The Labute approximate surface area is 133 Å². The summed E-state index contributed by atoms with van der Waals surface area (Å²) in [5, 5.41) is 8.00. The van der Waals surface area contributed by atoms with Crippen LogP contribution in [0.25, 0.3) is 11.5 Å². The molecule has 1 aliphatic heterocycles. The number of pyridine rings is 1. The highest BCUT2D eigenvalue weighted by Gasteiger charge is 2.30. The van der Waals surface area contributed by atoms with E-state index in [2.05, 4.69) is 25.2 Å². The van der Waals surface area contributed by atoms with Crippen molar-refractivity contribution in [2.75, 3.05) is 6.54 Å². The van der Waals surface area contributed by atoms with Crippen molar-refractivity contribution >= 4 is 0 Å². The lowest BCUT2D eigenvalue weighted by atomic mass is 10.1. The molecule has 23 heavy (non-hydrogen) atoms. The number of hydrogen-bond donors (Lipinski definition) is 0. The van der Waals surface area contributed by atoms with E-state index in [1.807, 2.05) is 31.2 Å². The van der Waals surface area contributed by atoms with Gasteiger partial charge in [-0.2, -0.15) is 4.98 Å². The first-order chi connectivity index (χ1) is 11.3. The Morgan fingerprint density at radius 1 is 1.26 bits per heavy atom. The fourth-order valence-electron chi connectivity index (χ4n) is 2.97. The van der Waals surface area contributed by atoms with Crippen LogP contribution in [-0.2, 0) is 6.54 Å². The van der Waals surface area contributed by atoms with E-state index in [0.29, 0.717) is 24.0 Å². The van der Waals surface area contributed by atoms with Crippen LogP contribution in [0.4, 0.5) is 0 Å². The second-order valence-electron chi connectivity index (χ2n) is 5.73. The van der Waals surface area contributed by atoms with Gasteiger partial charge in [0.25, 0.3) is 0 Å². The molecule has 3 aromatic rings. The van der Waals surface area contributed by atoms with Crippen LogP contribution in [0.1, 0.15) is 36.2 Å². The van der Waals surface area contributed by atoms with Gasteiger partial charge in [0.15, 0.2) is 5.76 Å². The van der Waals surface area contributed by atoms with Gasteiger partial charge in [0.2, 0.25) is 11.7 Å². The maximum atomic E-state index is 5.42. The van der Waals surface area contributed by atoms with E-state index >= 15 is 0 Å². The van der Waals surface area contributed by atoms with Crippen LogP contribution in [0.15, 0.2) is 39.5 Å². The molecule has 1 atom stereocenters. The van der Waals surface area contributed by atoms with Crippen molar-refractivity contribution in [3.8, 4) is 11.5 Å². The summed E-state index contributed by atoms with van der Waals surface area (Å²) in [4.78, 5) is 11.0. The first-order valence-electron chi connectivity index (χ1n) is 7.71. The molecule has 1 aliphatic rings. The second kappa shape index (κ2) is 5.92. The summed E-state index contributed by atoms with van der Waals surface area (Å²) in [5.74, 6) is 2.02. The third-order valence-corrected chi connectivity index (χ3v) is 4.04. The number of aryl methyl sites for hydroxylation is 1. The summed E-state index contributed by atoms with van der Waals surface area (Å²) in [6, 6.07) is 7.85. The molecule has 1 fully saturated rings. The molecule has 7 nitrogen and oxygen atoms in total. The van der Waals surface area contributed by atoms with Crippen molar-refractivity contribution in [2.24, 2.45) is 0 Å². The van der Waals surface area contributed by atoms with Crippen molar-refractivity contribution in [3.05, 3.63) is 47.8 Å². The van der Waals surface area contributed by atoms with E-state index in [0.717, 1.165) is 30.8 Å². The standard InChI is InChI=1S/C16H17N5O2/c1-11-9-14(22-19-11)13-6-4-8-21(13)10-15-18-16(20-23-15)12-5-2-3-7-17-12/h2-3,5,7,9,13H,4,6,8,10H2,1H3/t13-/m0/s1. The van der Waals surface area contributed by atoms with E-state index in [-0.39, 0.29) is 6.04 Å². The minimum atomic E-state index is 0.224. The van der Waals surface area contributed by atoms with Gasteiger partial charge in [0, 0.05) is 12.3 Å². The molecule has 0 saturated carbocycles. The molecule has 0 aliphatic carbocycles. The summed E-state index contributed by atoms with van der Waals surface area (Å²) in [5.41, 5.74) is 1.62. The lowest BCUT2D eigenvalue weighted by Gasteiger charge is -2.19. The molecule has 0 unspecified atom stereocenters. The highest BCUT2D eigenvalue weighted by atomic mass is 16.5. The van der Waals surface area contributed by atoms with E-state index in [4.69, 9.17) is 9.05 Å². The Balaban J connectivity index is 1.50. The van der Waals surface area contributed by atoms with Crippen molar-refractivity contribution in [1.29, 1.82) is 0 Å². The smallest absolute Gasteiger partial charge is 0.241 e. The van der Waals surface area contributed by atoms with E-state index in [9.17, 15) is 0 Å². The van der Waals surface area contributed by atoms with Crippen LogP contribution in [0, 0.1) is 6.92 Å². The first kappa shape index (κ1) is 14.1. The van der Waals surface area contributed by atoms with Gasteiger partial charge in [-0.1, -0.05) is 16.4 Å². The van der Waals surface area contributed by atoms with Gasteiger partial charge >= 0.3 is 0 Å². The Morgan fingerprint density at radius 2 is 2.22 bits per heavy atom. The molecule has 1 saturated heterocycles. The van der Waals surface area contributed by atoms with Crippen molar-refractivity contribution in [2.45, 2.75) is 32.4 Å². The molecule has 3 aromatic heterocycles. The largest absolute Gasteiger partial charge is 0.359 e. The van der Waals surface area contributed by atoms with E-state index < -0.39 is 0 Å². The second-order valence-corrected chi connectivity index (χ2v) is 5.73. The maximum absolute atomic E-state index is 5.42. The number of likely N-dealkylation sites (tertiary alicyclic amines) is 1. The quantitative estimate of drug-likeness (QED) is 0.732. The van der Waals surface area contributed by atoms with Crippen LogP contribution in [-0.4, -0.2) is 31.7 Å². The molecule has 0 spiro atoms. The van der Waals surface area contributed by atoms with Crippen LogP contribution < -0.4 is 0 Å². The number of aromatic nitrogens is 4. The minimum Gasteiger partial charge on any atom is -0.359 e. The third kappa shape index (κ3) is 2.87. The van der Waals surface area contributed by atoms with Gasteiger partial charge in [-0.25, -0.2) is 0 Å². The average Bonchev–Trinajstić information content (AvgIpc) is 3.29. The minimum absolute atomic E-state index is 0.224.